The van der Waals surface area contributed by atoms with Crippen molar-refractivity contribution in [2.45, 2.75) is 27.2 Å². The molecule has 0 aromatic heterocycles. The molecule has 0 unspecified atom stereocenters. The smallest absolute Gasteiger partial charge is 0.249 e. The van der Waals surface area contributed by atoms with Crippen LogP contribution < -0.4 is 9.47 Å². The molecule has 0 aliphatic rings. The molecule has 0 N–H and O–H groups in total. The largest absolute Gasteiger partial charge is 0.493 e. The summed E-state index contributed by atoms with van der Waals surface area (Å²) in [5.41, 5.74) is 0.903. The Hall–Kier alpha value is -2.04. The van der Waals surface area contributed by atoms with Crippen molar-refractivity contribution in [1.29, 1.82) is 0 Å². The number of nitrogens with zero attached hydrogens (tertiary/aromatic N) is 1. The molecule has 0 radical (unpaired) electrons. The topological polar surface area (TPSA) is 61.6 Å². The standard InChI is InChI=1S/C15H21NO4/c1-5-8-20-14-7-6-12(10-15(14)19-4)9-13(11(2)3)16(17)18/h6-7,9-11H,5,8H2,1-4H3/b13-9-. The maximum absolute atomic E-state index is 11.0. The molecule has 0 aliphatic carbocycles. The number of methoxy groups -OCH3 is 1. The van der Waals surface area contributed by atoms with Gasteiger partial charge in [0.25, 0.3) is 0 Å². The lowest BCUT2D eigenvalue weighted by Gasteiger charge is -2.10. The van der Waals surface area contributed by atoms with E-state index in [0.29, 0.717) is 18.1 Å². The molecule has 5 heteroatoms. The second-order valence-electron chi connectivity index (χ2n) is 4.74. The Balaban J connectivity index is 3.08. The molecule has 20 heavy (non-hydrogen) atoms. The Kier molecular flexibility index (Phi) is 6.03. The summed E-state index contributed by atoms with van der Waals surface area (Å²) in [6.07, 6.45) is 2.47. The molecule has 0 fully saturated rings. The van der Waals surface area contributed by atoms with Crippen LogP contribution in [0.4, 0.5) is 0 Å². The van der Waals surface area contributed by atoms with Gasteiger partial charge in [0.05, 0.1) is 18.6 Å². The highest BCUT2D eigenvalue weighted by Gasteiger charge is 2.16. The number of allylic oxidation sites excluding steroid dienone is 1. The van der Waals surface area contributed by atoms with Crippen LogP contribution in [0.5, 0.6) is 11.5 Å². The summed E-state index contributed by atoms with van der Waals surface area (Å²) in [5, 5.41) is 11.0. The van der Waals surface area contributed by atoms with Crippen LogP contribution in [-0.4, -0.2) is 18.6 Å². The van der Waals surface area contributed by atoms with Gasteiger partial charge < -0.3 is 9.47 Å². The summed E-state index contributed by atoms with van der Waals surface area (Å²) in [6.45, 7) is 6.22. The van der Waals surface area contributed by atoms with Crippen molar-refractivity contribution in [3.05, 3.63) is 39.6 Å². The molecule has 0 spiro atoms. The normalized spacial score (nSPS) is 11.6. The van der Waals surface area contributed by atoms with E-state index >= 15 is 0 Å². The Morgan fingerprint density at radius 2 is 2.10 bits per heavy atom. The summed E-state index contributed by atoms with van der Waals surface area (Å²) in [4.78, 5) is 10.6. The van der Waals surface area contributed by atoms with Gasteiger partial charge in [0, 0.05) is 12.0 Å². The number of hydrogen-bond donors (Lipinski definition) is 0. The zero-order valence-corrected chi connectivity index (χ0v) is 12.4. The summed E-state index contributed by atoms with van der Waals surface area (Å²) in [7, 11) is 1.55. The van der Waals surface area contributed by atoms with Gasteiger partial charge in [-0.25, -0.2) is 0 Å². The van der Waals surface area contributed by atoms with Crippen molar-refractivity contribution >= 4 is 6.08 Å². The van der Waals surface area contributed by atoms with E-state index in [-0.39, 0.29) is 16.5 Å². The van der Waals surface area contributed by atoms with Crippen molar-refractivity contribution < 1.29 is 14.4 Å². The minimum atomic E-state index is -0.349. The van der Waals surface area contributed by atoms with Gasteiger partial charge in [-0.15, -0.1) is 0 Å². The molecule has 1 aromatic carbocycles. The van der Waals surface area contributed by atoms with Crippen LogP contribution >= 0.6 is 0 Å². The van der Waals surface area contributed by atoms with Crippen LogP contribution in [0, 0.1) is 16.0 Å². The average molecular weight is 279 g/mol. The molecule has 5 nitrogen and oxygen atoms in total. The fourth-order valence-electron chi connectivity index (χ4n) is 1.71. The Labute approximate surface area is 119 Å². The third-order valence-electron chi connectivity index (χ3n) is 2.77. The third-order valence-corrected chi connectivity index (χ3v) is 2.77. The molecular formula is C15H21NO4. The van der Waals surface area contributed by atoms with Crippen LogP contribution in [0.25, 0.3) is 6.08 Å². The maximum Gasteiger partial charge on any atom is 0.249 e. The fourth-order valence-corrected chi connectivity index (χ4v) is 1.71. The first kappa shape index (κ1) is 16.0. The summed E-state index contributed by atoms with van der Waals surface area (Å²) in [5.74, 6) is 1.09. The van der Waals surface area contributed by atoms with Crippen molar-refractivity contribution in [2.24, 2.45) is 5.92 Å². The van der Waals surface area contributed by atoms with Gasteiger partial charge in [0.1, 0.15) is 0 Å². The Morgan fingerprint density at radius 3 is 2.60 bits per heavy atom. The second kappa shape index (κ2) is 7.53. The van der Waals surface area contributed by atoms with Crippen molar-refractivity contribution in [3.63, 3.8) is 0 Å². The highest BCUT2D eigenvalue weighted by molar-refractivity contribution is 5.57. The van der Waals surface area contributed by atoms with E-state index in [0.717, 1.165) is 12.0 Å². The van der Waals surface area contributed by atoms with E-state index in [2.05, 4.69) is 0 Å². The van der Waals surface area contributed by atoms with Gasteiger partial charge in [0.15, 0.2) is 11.5 Å². The Bertz CT molecular complexity index is 495. The quantitative estimate of drug-likeness (QED) is 0.563. The molecule has 0 aliphatic heterocycles. The predicted molar refractivity (Wildman–Crippen MR) is 78.6 cm³/mol. The first-order valence-corrected chi connectivity index (χ1v) is 6.66. The van der Waals surface area contributed by atoms with Crippen LogP contribution in [0.1, 0.15) is 32.8 Å². The number of benzene rings is 1. The van der Waals surface area contributed by atoms with Gasteiger partial charge in [-0.05, 0) is 24.1 Å². The molecule has 1 aromatic rings. The van der Waals surface area contributed by atoms with Crippen LogP contribution in [-0.2, 0) is 0 Å². The lowest BCUT2D eigenvalue weighted by Crippen LogP contribution is -2.05. The minimum Gasteiger partial charge on any atom is -0.493 e. The van der Waals surface area contributed by atoms with Gasteiger partial charge >= 0.3 is 0 Å². The second-order valence-corrected chi connectivity index (χ2v) is 4.74. The number of nitro groups is 1. The molecule has 110 valence electrons. The summed E-state index contributed by atoms with van der Waals surface area (Å²) < 4.78 is 10.8. The lowest BCUT2D eigenvalue weighted by atomic mass is 10.1. The highest BCUT2D eigenvalue weighted by atomic mass is 16.6. The van der Waals surface area contributed by atoms with Crippen molar-refractivity contribution in [1.82, 2.24) is 0 Å². The SMILES string of the molecule is CCCOc1ccc(/C=C(/C(C)C)[N+](=O)[O-])cc1OC. The maximum atomic E-state index is 11.0. The van der Waals surface area contributed by atoms with Gasteiger partial charge in [-0.3, -0.25) is 10.1 Å². The molecule has 0 atom stereocenters. The first-order chi connectivity index (χ1) is 9.49. The van der Waals surface area contributed by atoms with Crippen LogP contribution in [0.3, 0.4) is 0 Å². The van der Waals surface area contributed by atoms with Gasteiger partial charge in [-0.1, -0.05) is 26.8 Å². The Morgan fingerprint density at radius 1 is 1.40 bits per heavy atom. The zero-order chi connectivity index (χ0) is 15.1. The van der Waals surface area contributed by atoms with E-state index in [4.69, 9.17) is 9.47 Å². The predicted octanol–water partition coefficient (Wildman–Crippen LogP) is 3.76. The monoisotopic (exact) mass is 279 g/mol. The van der Waals surface area contributed by atoms with E-state index in [1.54, 1.807) is 45.2 Å². The first-order valence-electron chi connectivity index (χ1n) is 6.66. The zero-order valence-electron chi connectivity index (χ0n) is 12.4. The number of ether oxygens (including phenoxy) is 2. The van der Waals surface area contributed by atoms with E-state index < -0.39 is 0 Å². The van der Waals surface area contributed by atoms with E-state index in [1.807, 2.05) is 6.92 Å². The lowest BCUT2D eigenvalue weighted by molar-refractivity contribution is -0.431. The van der Waals surface area contributed by atoms with E-state index in [1.165, 1.54) is 0 Å². The third kappa shape index (κ3) is 4.26. The molecule has 0 bridgehead atoms. The summed E-state index contributed by atoms with van der Waals surface area (Å²) in [6, 6.07) is 5.31. The van der Waals surface area contributed by atoms with Gasteiger partial charge in [0.2, 0.25) is 5.70 Å². The molecular weight excluding hydrogens is 258 g/mol. The number of rotatable bonds is 7. The highest BCUT2D eigenvalue weighted by Crippen LogP contribution is 2.29. The number of hydrogen-bond acceptors (Lipinski definition) is 4. The van der Waals surface area contributed by atoms with Crippen LogP contribution in [0.2, 0.25) is 0 Å². The minimum absolute atomic E-state index is 0.146. The van der Waals surface area contributed by atoms with Crippen molar-refractivity contribution in [2.75, 3.05) is 13.7 Å². The van der Waals surface area contributed by atoms with Crippen molar-refractivity contribution in [3.8, 4) is 11.5 Å². The van der Waals surface area contributed by atoms with Gasteiger partial charge in [-0.2, -0.15) is 0 Å². The molecule has 0 saturated carbocycles. The molecule has 1 rings (SSSR count). The molecule has 0 saturated heterocycles. The fraction of sp³-hybridized carbons (Fsp3) is 0.467. The molecule has 0 amide bonds. The van der Waals surface area contributed by atoms with E-state index in [9.17, 15) is 10.1 Å². The summed E-state index contributed by atoms with van der Waals surface area (Å²) >= 11 is 0. The van der Waals surface area contributed by atoms with Crippen LogP contribution in [0.15, 0.2) is 23.9 Å². The molecule has 0 heterocycles. The average Bonchev–Trinajstić information content (AvgIpc) is 2.42.